The zero-order chi connectivity index (χ0) is 16.1. The first-order valence-corrected chi connectivity index (χ1v) is 6.45. The molecule has 22 heavy (non-hydrogen) atoms. The van der Waals surface area contributed by atoms with Gasteiger partial charge >= 0.3 is 0 Å². The molecule has 6 heteroatoms. The number of benzene rings is 2. The van der Waals surface area contributed by atoms with Crippen LogP contribution < -0.4 is 5.32 Å². The second kappa shape index (κ2) is 6.62. The van der Waals surface area contributed by atoms with Crippen molar-refractivity contribution in [3.63, 3.8) is 0 Å². The van der Waals surface area contributed by atoms with Crippen molar-refractivity contribution < 1.29 is 14.1 Å². The quantitative estimate of drug-likeness (QED) is 0.531. The largest absolute Gasteiger partial charge is 0.322 e. The Morgan fingerprint density at radius 1 is 1.27 bits per heavy atom. The fraction of sp³-hybridized carbons (Fsp3) is 0.0625. The molecule has 1 N–H and O–H groups in total. The van der Waals surface area contributed by atoms with Crippen molar-refractivity contribution in [2.24, 2.45) is 0 Å². The molecule has 0 aliphatic carbocycles. The third-order valence-electron chi connectivity index (χ3n) is 2.95. The van der Waals surface area contributed by atoms with E-state index in [-0.39, 0.29) is 11.5 Å². The van der Waals surface area contributed by atoms with E-state index in [2.05, 4.69) is 5.32 Å². The maximum Gasteiger partial charge on any atom is 0.269 e. The first-order valence-electron chi connectivity index (χ1n) is 6.45. The van der Waals surface area contributed by atoms with E-state index >= 15 is 0 Å². The lowest BCUT2D eigenvalue weighted by atomic mass is 10.1. The van der Waals surface area contributed by atoms with Crippen LogP contribution in [0, 0.1) is 22.9 Å². The lowest BCUT2D eigenvalue weighted by molar-refractivity contribution is -0.384. The molecule has 0 saturated heterocycles. The van der Waals surface area contributed by atoms with Crippen molar-refractivity contribution in [2.75, 3.05) is 5.32 Å². The smallest absolute Gasteiger partial charge is 0.269 e. The van der Waals surface area contributed by atoms with Crippen LogP contribution in [0.1, 0.15) is 11.1 Å². The topological polar surface area (TPSA) is 72.2 Å². The van der Waals surface area contributed by atoms with Gasteiger partial charge in [0.1, 0.15) is 5.82 Å². The van der Waals surface area contributed by atoms with Gasteiger partial charge in [-0.05, 0) is 42.3 Å². The van der Waals surface area contributed by atoms with Crippen LogP contribution in [0.25, 0.3) is 6.08 Å². The number of halogens is 1. The highest BCUT2D eigenvalue weighted by Gasteiger charge is 2.09. The lowest BCUT2D eigenvalue weighted by Gasteiger charge is -2.05. The molecule has 0 fully saturated rings. The van der Waals surface area contributed by atoms with E-state index in [1.807, 2.05) is 0 Å². The average molecular weight is 300 g/mol. The van der Waals surface area contributed by atoms with Crippen LogP contribution in [0.2, 0.25) is 0 Å². The molecule has 112 valence electrons. The van der Waals surface area contributed by atoms with E-state index in [4.69, 9.17) is 0 Å². The predicted molar refractivity (Wildman–Crippen MR) is 81.9 cm³/mol. The molecule has 2 aromatic rings. The highest BCUT2D eigenvalue weighted by molar-refractivity contribution is 6.02. The fourth-order valence-corrected chi connectivity index (χ4v) is 1.86. The average Bonchev–Trinajstić information content (AvgIpc) is 2.47. The summed E-state index contributed by atoms with van der Waals surface area (Å²) in [6.07, 6.45) is 2.76. The standard InChI is InChI=1S/C16H13FN2O3/c1-11-9-14(19(21)22)6-7-15(11)18-16(20)8-5-12-3-2-4-13(17)10-12/h2-10H,1H3,(H,18,20)/b8-5+. The van der Waals surface area contributed by atoms with Gasteiger partial charge in [0.25, 0.3) is 5.69 Å². The van der Waals surface area contributed by atoms with Crippen molar-refractivity contribution in [3.8, 4) is 0 Å². The molecule has 2 aromatic carbocycles. The highest BCUT2D eigenvalue weighted by atomic mass is 19.1. The normalized spacial score (nSPS) is 10.6. The number of non-ortho nitro benzene ring substituents is 1. The summed E-state index contributed by atoms with van der Waals surface area (Å²) in [5, 5.41) is 13.3. The van der Waals surface area contributed by atoms with Crippen molar-refractivity contribution in [2.45, 2.75) is 6.92 Å². The van der Waals surface area contributed by atoms with Gasteiger partial charge < -0.3 is 5.32 Å². The summed E-state index contributed by atoms with van der Waals surface area (Å²) in [4.78, 5) is 22.0. The Hall–Kier alpha value is -3.02. The SMILES string of the molecule is Cc1cc([N+](=O)[O-])ccc1NC(=O)/C=C/c1cccc(F)c1. The van der Waals surface area contributed by atoms with Crippen LogP contribution in [-0.4, -0.2) is 10.8 Å². The van der Waals surface area contributed by atoms with Crippen LogP contribution in [0.3, 0.4) is 0 Å². The molecule has 2 rings (SSSR count). The third kappa shape index (κ3) is 3.99. The molecule has 0 atom stereocenters. The lowest BCUT2D eigenvalue weighted by Crippen LogP contribution is -2.09. The maximum absolute atomic E-state index is 13.0. The molecule has 0 aromatic heterocycles. The first kappa shape index (κ1) is 15.4. The number of rotatable bonds is 4. The second-order valence-corrected chi connectivity index (χ2v) is 4.63. The molecule has 0 saturated carbocycles. The summed E-state index contributed by atoms with van der Waals surface area (Å²) in [5.41, 5.74) is 1.60. The zero-order valence-electron chi connectivity index (χ0n) is 11.7. The minimum Gasteiger partial charge on any atom is -0.322 e. The monoisotopic (exact) mass is 300 g/mol. The van der Waals surface area contributed by atoms with E-state index < -0.39 is 10.8 Å². The van der Waals surface area contributed by atoms with Gasteiger partial charge in [-0.2, -0.15) is 0 Å². The van der Waals surface area contributed by atoms with E-state index in [1.54, 1.807) is 19.1 Å². The van der Waals surface area contributed by atoms with Crippen LogP contribution in [0.5, 0.6) is 0 Å². The Morgan fingerprint density at radius 2 is 2.05 bits per heavy atom. The number of hydrogen-bond acceptors (Lipinski definition) is 3. The molecule has 0 bridgehead atoms. The summed E-state index contributed by atoms with van der Waals surface area (Å²) in [7, 11) is 0. The Labute approximate surface area is 126 Å². The number of carbonyl (C=O) groups excluding carboxylic acids is 1. The van der Waals surface area contributed by atoms with Crippen molar-refractivity contribution in [1.82, 2.24) is 0 Å². The van der Waals surface area contributed by atoms with Crippen molar-refractivity contribution >= 4 is 23.4 Å². The van der Waals surface area contributed by atoms with E-state index in [0.717, 1.165) is 0 Å². The number of anilines is 1. The zero-order valence-corrected chi connectivity index (χ0v) is 11.7. The van der Waals surface area contributed by atoms with Crippen LogP contribution >= 0.6 is 0 Å². The molecule has 0 aliphatic heterocycles. The molecular weight excluding hydrogens is 287 g/mol. The highest BCUT2D eigenvalue weighted by Crippen LogP contribution is 2.21. The second-order valence-electron chi connectivity index (χ2n) is 4.63. The van der Waals surface area contributed by atoms with Crippen LogP contribution in [-0.2, 0) is 4.79 Å². The maximum atomic E-state index is 13.0. The van der Waals surface area contributed by atoms with Gasteiger partial charge in [-0.3, -0.25) is 14.9 Å². The number of carbonyl (C=O) groups is 1. The van der Waals surface area contributed by atoms with Gasteiger partial charge in [0, 0.05) is 23.9 Å². The summed E-state index contributed by atoms with van der Waals surface area (Å²) in [6, 6.07) is 10.0. The Morgan fingerprint density at radius 3 is 2.68 bits per heavy atom. The van der Waals surface area contributed by atoms with Gasteiger partial charge in [0.15, 0.2) is 0 Å². The Balaban J connectivity index is 2.07. The molecule has 0 aliphatic rings. The number of nitrogens with zero attached hydrogens (tertiary/aromatic N) is 1. The Bertz CT molecular complexity index is 757. The summed E-state index contributed by atoms with van der Waals surface area (Å²) >= 11 is 0. The van der Waals surface area contributed by atoms with Crippen molar-refractivity contribution in [1.29, 1.82) is 0 Å². The molecule has 1 amide bonds. The molecule has 5 nitrogen and oxygen atoms in total. The van der Waals surface area contributed by atoms with E-state index in [1.165, 1.54) is 42.5 Å². The summed E-state index contributed by atoms with van der Waals surface area (Å²) in [5.74, 6) is -0.782. The number of aryl methyl sites for hydroxylation is 1. The Kier molecular flexibility index (Phi) is 4.63. The number of hydrogen-bond donors (Lipinski definition) is 1. The third-order valence-corrected chi connectivity index (χ3v) is 2.95. The predicted octanol–water partition coefficient (Wildman–Crippen LogP) is 3.69. The number of amides is 1. The first-order chi connectivity index (χ1) is 10.5. The summed E-state index contributed by atoms with van der Waals surface area (Å²) in [6.45, 7) is 1.67. The minimum atomic E-state index is -0.498. The number of nitrogens with one attached hydrogen (secondary N) is 1. The molecule has 0 radical (unpaired) electrons. The van der Waals surface area contributed by atoms with Gasteiger partial charge in [0.05, 0.1) is 4.92 Å². The molecule has 0 spiro atoms. The van der Waals surface area contributed by atoms with Crippen molar-refractivity contribution in [3.05, 3.63) is 75.6 Å². The molecular formula is C16H13FN2O3. The molecule has 0 unspecified atom stereocenters. The van der Waals surface area contributed by atoms with Gasteiger partial charge in [-0.15, -0.1) is 0 Å². The number of nitro groups is 1. The van der Waals surface area contributed by atoms with Crippen LogP contribution in [0.15, 0.2) is 48.5 Å². The minimum absolute atomic E-state index is 0.0363. The van der Waals surface area contributed by atoms with Gasteiger partial charge in [0.2, 0.25) is 5.91 Å². The summed E-state index contributed by atoms with van der Waals surface area (Å²) < 4.78 is 13.0. The van der Waals surface area contributed by atoms with E-state index in [0.29, 0.717) is 16.8 Å². The van der Waals surface area contributed by atoms with Gasteiger partial charge in [-0.1, -0.05) is 12.1 Å². The van der Waals surface area contributed by atoms with Crippen LogP contribution in [0.4, 0.5) is 15.8 Å². The molecule has 0 heterocycles. The fourth-order valence-electron chi connectivity index (χ4n) is 1.86. The van der Waals surface area contributed by atoms with E-state index in [9.17, 15) is 19.3 Å². The number of nitro benzene ring substituents is 1. The van der Waals surface area contributed by atoms with Gasteiger partial charge in [-0.25, -0.2) is 4.39 Å².